The molecule has 0 saturated heterocycles. The van der Waals surface area contributed by atoms with Crippen LogP contribution < -0.4 is 0 Å². The second kappa shape index (κ2) is 7.29. The predicted molar refractivity (Wildman–Crippen MR) is 82.6 cm³/mol. The molecule has 0 amide bonds. The number of halogens is 4. The van der Waals surface area contributed by atoms with E-state index in [0.29, 0.717) is 0 Å². The molecule has 0 bridgehead atoms. The van der Waals surface area contributed by atoms with Gasteiger partial charge in [-0.3, -0.25) is 0 Å². The van der Waals surface area contributed by atoms with Crippen LogP contribution in [-0.2, 0) is 9.53 Å². The van der Waals surface area contributed by atoms with Crippen molar-refractivity contribution in [2.24, 2.45) is 0 Å². The van der Waals surface area contributed by atoms with Crippen molar-refractivity contribution in [1.29, 1.82) is 0 Å². The molecule has 0 heterocycles. The monoisotopic (exact) mass is 338 g/mol. The molecule has 0 aliphatic heterocycles. The normalized spacial score (nSPS) is 11.0. The molecule has 126 valence electrons. The number of alkyl halides is 2. The Labute approximate surface area is 136 Å². The van der Waals surface area contributed by atoms with Crippen LogP contribution in [0.3, 0.4) is 0 Å². The summed E-state index contributed by atoms with van der Waals surface area (Å²) in [5, 5.41) is 0. The first-order valence-electron chi connectivity index (χ1n) is 7.01. The third-order valence-electron chi connectivity index (χ3n) is 3.45. The zero-order valence-electron chi connectivity index (χ0n) is 12.7. The Morgan fingerprint density at radius 3 is 2.00 bits per heavy atom. The fraction of sp³-hybridized carbons (Fsp3) is 0.167. The topological polar surface area (TPSA) is 26.3 Å². The first-order chi connectivity index (χ1) is 11.3. The first-order valence-corrected chi connectivity index (χ1v) is 7.01. The molecule has 6 heteroatoms. The van der Waals surface area contributed by atoms with Gasteiger partial charge in [-0.2, -0.15) is 17.6 Å². The van der Waals surface area contributed by atoms with Crippen molar-refractivity contribution in [1.82, 2.24) is 0 Å². The van der Waals surface area contributed by atoms with Crippen LogP contribution in [0.15, 0.2) is 60.7 Å². The number of allylic oxidation sites excluding steroid dienone is 1. The SMILES string of the molecule is COC(=O)C(F)(F)CC(=C(F)F)c1ccc(-c2ccccc2)cc1. The van der Waals surface area contributed by atoms with Gasteiger partial charge in [-0.05, 0) is 16.7 Å². The second-order valence-electron chi connectivity index (χ2n) is 5.06. The van der Waals surface area contributed by atoms with Crippen LogP contribution in [0.1, 0.15) is 12.0 Å². The summed E-state index contributed by atoms with van der Waals surface area (Å²) in [6, 6.07) is 14.9. The maximum Gasteiger partial charge on any atom is 0.377 e. The molecular formula is C18H14F4O2. The van der Waals surface area contributed by atoms with E-state index in [1.54, 1.807) is 12.1 Å². The van der Waals surface area contributed by atoms with E-state index in [4.69, 9.17) is 0 Å². The van der Waals surface area contributed by atoms with Crippen LogP contribution in [-0.4, -0.2) is 19.0 Å². The van der Waals surface area contributed by atoms with Crippen molar-refractivity contribution < 1.29 is 27.1 Å². The van der Waals surface area contributed by atoms with E-state index < -0.39 is 30.0 Å². The Hall–Kier alpha value is -2.63. The number of ether oxygens (including phenoxy) is 1. The van der Waals surface area contributed by atoms with Crippen molar-refractivity contribution in [3.8, 4) is 11.1 Å². The van der Waals surface area contributed by atoms with Crippen molar-refractivity contribution in [2.75, 3.05) is 7.11 Å². The Bertz CT molecular complexity index is 733. The number of hydrogen-bond donors (Lipinski definition) is 0. The molecule has 2 aromatic carbocycles. The summed E-state index contributed by atoms with van der Waals surface area (Å²) < 4.78 is 57.4. The van der Waals surface area contributed by atoms with Crippen LogP contribution in [0.4, 0.5) is 17.6 Å². The number of esters is 1. The molecule has 2 rings (SSSR count). The average molecular weight is 338 g/mol. The molecule has 0 aromatic heterocycles. The van der Waals surface area contributed by atoms with Crippen molar-refractivity contribution in [2.45, 2.75) is 12.3 Å². The van der Waals surface area contributed by atoms with Gasteiger partial charge in [0.05, 0.1) is 13.5 Å². The molecule has 2 nitrogen and oxygen atoms in total. The molecule has 0 N–H and O–H groups in total. The molecule has 0 atom stereocenters. The highest BCUT2D eigenvalue weighted by Crippen LogP contribution is 2.34. The molecule has 0 fully saturated rings. The average Bonchev–Trinajstić information content (AvgIpc) is 2.59. The van der Waals surface area contributed by atoms with Crippen molar-refractivity contribution in [3.63, 3.8) is 0 Å². The summed E-state index contributed by atoms with van der Waals surface area (Å²) in [6.07, 6.45) is -3.68. The van der Waals surface area contributed by atoms with E-state index in [9.17, 15) is 22.4 Å². The van der Waals surface area contributed by atoms with E-state index in [1.165, 1.54) is 12.1 Å². The number of methoxy groups -OCH3 is 1. The molecule has 0 spiro atoms. The Balaban J connectivity index is 2.30. The smallest absolute Gasteiger partial charge is 0.377 e. The zero-order valence-corrected chi connectivity index (χ0v) is 12.7. The number of rotatable bonds is 5. The Morgan fingerprint density at radius 2 is 1.50 bits per heavy atom. The lowest BCUT2D eigenvalue weighted by atomic mass is 9.97. The van der Waals surface area contributed by atoms with Gasteiger partial charge in [0.15, 0.2) is 0 Å². The van der Waals surface area contributed by atoms with Gasteiger partial charge < -0.3 is 4.74 Å². The minimum atomic E-state index is -4.02. The van der Waals surface area contributed by atoms with Crippen molar-refractivity contribution in [3.05, 3.63) is 66.2 Å². The molecule has 2 aromatic rings. The fourth-order valence-electron chi connectivity index (χ4n) is 2.22. The summed E-state index contributed by atoms with van der Waals surface area (Å²) in [5.41, 5.74) is 0.677. The van der Waals surface area contributed by atoms with E-state index in [0.717, 1.165) is 18.2 Å². The summed E-state index contributed by atoms with van der Waals surface area (Å²) >= 11 is 0. The maximum atomic E-state index is 13.6. The zero-order chi connectivity index (χ0) is 17.7. The highest BCUT2D eigenvalue weighted by molar-refractivity contribution is 5.81. The van der Waals surface area contributed by atoms with Gasteiger partial charge in [0, 0.05) is 5.57 Å². The van der Waals surface area contributed by atoms with Gasteiger partial charge in [0.2, 0.25) is 0 Å². The van der Waals surface area contributed by atoms with Crippen LogP contribution in [0.5, 0.6) is 0 Å². The number of carbonyl (C=O) groups excluding carboxylic acids is 1. The van der Waals surface area contributed by atoms with Gasteiger partial charge in [0.25, 0.3) is 6.08 Å². The number of benzene rings is 2. The third kappa shape index (κ3) is 4.01. The van der Waals surface area contributed by atoms with E-state index in [1.807, 2.05) is 30.3 Å². The predicted octanol–water partition coefficient (Wildman–Crippen LogP) is 5.16. The summed E-state index contributed by atoms with van der Waals surface area (Å²) in [7, 11) is 0.778. The minimum absolute atomic E-state index is 0.0711. The van der Waals surface area contributed by atoms with E-state index in [-0.39, 0.29) is 5.56 Å². The van der Waals surface area contributed by atoms with Crippen LogP contribution in [0.2, 0.25) is 0 Å². The quantitative estimate of drug-likeness (QED) is 0.556. The van der Waals surface area contributed by atoms with E-state index >= 15 is 0 Å². The van der Waals surface area contributed by atoms with Crippen LogP contribution in [0, 0.1) is 0 Å². The van der Waals surface area contributed by atoms with Gasteiger partial charge in [-0.15, -0.1) is 0 Å². The third-order valence-corrected chi connectivity index (χ3v) is 3.45. The molecule has 0 aliphatic carbocycles. The largest absolute Gasteiger partial charge is 0.465 e. The summed E-state index contributed by atoms with van der Waals surface area (Å²) in [5.74, 6) is -5.87. The van der Waals surface area contributed by atoms with Crippen molar-refractivity contribution >= 4 is 11.5 Å². The second-order valence-corrected chi connectivity index (χ2v) is 5.06. The van der Waals surface area contributed by atoms with Gasteiger partial charge in [-0.1, -0.05) is 54.6 Å². The lowest BCUT2D eigenvalue weighted by Gasteiger charge is -2.15. The molecule has 0 radical (unpaired) electrons. The molecular weight excluding hydrogens is 324 g/mol. The highest BCUT2D eigenvalue weighted by Gasteiger charge is 2.42. The maximum absolute atomic E-state index is 13.6. The van der Waals surface area contributed by atoms with Gasteiger partial charge in [-0.25, -0.2) is 4.79 Å². The van der Waals surface area contributed by atoms with E-state index in [2.05, 4.69) is 4.74 Å². The molecule has 0 aliphatic rings. The Morgan fingerprint density at radius 1 is 0.958 bits per heavy atom. The molecule has 0 saturated carbocycles. The molecule has 24 heavy (non-hydrogen) atoms. The number of carbonyl (C=O) groups is 1. The fourth-order valence-corrected chi connectivity index (χ4v) is 2.22. The van der Waals surface area contributed by atoms with Crippen LogP contribution >= 0.6 is 0 Å². The summed E-state index contributed by atoms with van der Waals surface area (Å²) in [6.45, 7) is 0. The number of hydrogen-bond acceptors (Lipinski definition) is 2. The minimum Gasteiger partial charge on any atom is -0.465 e. The first kappa shape index (κ1) is 17.7. The molecule has 0 unspecified atom stereocenters. The van der Waals surface area contributed by atoms with Gasteiger partial charge >= 0.3 is 11.9 Å². The highest BCUT2D eigenvalue weighted by atomic mass is 19.3. The van der Waals surface area contributed by atoms with Crippen LogP contribution in [0.25, 0.3) is 16.7 Å². The summed E-state index contributed by atoms with van der Waals surface area (Å²) in [4.78, 5) is 11.0. The van der Waals surface area contributed by atoms with Gasteiger partial charge in [0.1, 0.15) is 0 Å². The Kier molecular flexibility index (Phi) is 5.39. The lowest BCUT2D eigenvalue weighted by Crippen LogP contribution is -2.30. The lowest BCUT2D eigenvalue weighted by molar-refractivity contribution is -0.167. The standard InChI is InChI=1S/C18H14F4O2/c1-24-17(23)18(21,22)11-15(16(19)20)14-9-7-13(8-10-14)12-5-3-2-4-6-12/h2-10H,11H2,1H3.